The summed E-state index contributed by atoms with van der Waals surface area (Å²) in [4.78, 5) is 12.3. The van der Waals surface area contributed by atoms with E-state index in [2.05, 4.69) is 10.0 Å². The maximum Gasteiger partial charge on any atom is 0.251 e. The Bertz CT molecular complexity index is 639. The number of hydrogen-bond acceptors (Lipinski definition) is 3. The molecule has 2 N–H and O–H groups in total. The van der Waals surface area contributed by atoms with Gasteiger partial charge >= 0.3 is 0 Å². The van der Waals surface area contributed by atoms with E-state index in [-0.39, 0.29) is 22.4 Å². The molecule has 0 atom stereocenters. The number of rotatable bonds is 4. The smallest absolute Gasteiger partial charge is 0.251 e. The SMILES string of the molecule is CC(C)(C)NC(=O)c1ccc(S(=O)(=O)NC2CCCCC2)cc1. The summed E-state index contributed by atoms with van der Waals surface area (Å²) in [6.07, 6.45) is 5.10. The number of amides is 1. The van der Waals surface area contributed by atoms with E-state index in [0.29, 0.717) is 5.56 Å². The summed E-state index contributed by atoms with van der Waals surface area (Å²) in [7, 11) is -3.52. The van der Waals surface area contributed by atoms with Crippen molar-refractivity contribution in [1.29, 1.82) is 0 Å². The van der Waals surface area contributed by atoms with Gasteiger partial charge in [0.15, 0.2) is 0 Å². The molecule has 0 radical (unpaired) electrons. The van der Waals surface area contributed by atoms with Crippen LogP contribution >= 0.6 is 0 Å². The van der Waals surface area contributed by atoms with Gasteiger partial charge in [0, 0.05) is 17.1 Å². The molecule has 5 nitrogen and oxygen atoms in total. The predicted molar refractivity (Wildman–Crippen MR) is 90.9 cm³/mol. The molecular weight excluding hydrogens is 312 g/mol. The molecule has 1 aromatic rings. The normalized spacial score (nSPS) is 17.0. The predicted octanol–water partition coefficient (Wildman–Crippen LogP) is 2.83. The molecule has 1 fully saturated rings. The van der Waals surface area contributed by atoms with Gasteiger partial charge in [-0.15, -0.1) is 0 Å². The fourth-order valence-corrected chi connectivity index (χ4v) is 4.01. The van der Waals surface area contributed by atoms with Gasteiger partial charge in [-0.05, 0) is 57.9 Å². The van der Waals surface area contributed by atoms with E-state index >= 15 is 0 Å². The Morgan fingerprint density at radius 1 is 1.04 bits per heavy atom. The molecule has 1 aliphatic carbocycles. The molecule has 23 heavy (non-hydrogen) atoms. The second kappa shape index (κ2) is 7.01. The second-order valence-electron chi connectivity index (χ2n) is 7.18. The van der Waals surface area contributed by atoms with Crippen molar-refractivity contribution in [3.8, 4) is 0 Å². The van der Waals surface area contributed by atoms with Gasteiger partial charge in [0.25, 0.3) is 5.91 Å². The molecule has 0 aliphatic heterocycles. The zero-order valence-corrected chi connectivity index (χ0v) is 14.9. The van der Waals surface area contributed by atoms with Crippen molar-refractivity contribution in [3.63, 3.8) is 0 Å². The van der Waals surface area contributed by atoms with Gasteiger partial charge in [-0.3, -0.25) is 4.79 Å². The molecule has 1 aromatic carbocycles. The summed E-state index contributed by atoms with van der Waals surface area (Å²) in [6, 6.07) is 6.11. The van der Waals surface area contributed by atoms with Gasteiger partial charge in [-0.1, -0.05) is 19.3 Å². The van der Waals surface area contributed by atoms with E-state index < -0.39 is 10.0 Å². The van der Waals surface area contributed by atoms with Crippen LogP contribution in [0.1, 0.15) is 63.2 Å². The molecule has 1 saturated carbocycles. The summed E-state index contributed by atoms with van der Waals surface area (Å²) < 4.78 is 27.6. The lowest BCUT2D eigenvalue weighted by Gasteiger charge is -2.22. The topological polar surface area (TPSA) is 75.3 Å². The van der Waals surface area contributed by atoms with E-state index in [1.165, 1.54) is 18.6 Å². The lowest BCUT2D eigenvalue weighted by atomic mass is 9.96. The van der Waals surface area contributed by atoms with Crippen LogP contribution in [0.5, 0.6) is 0 Å². The minimum atomic E-state index is -3.52. The van der Waals surface area contributed by atoms with Gasteiger partial charge in [0.05, 0.1) is 4.90 Å². The molecule has 0 bridgehead atoms. The van der Waals surface area contributed by atoms with Gasteiger partial charge in [-0.25, -0.2) is 13.1 Å². The van der Waals surface area contributed by atoms with E-state index in [4.69, 9.17) is 0 Å². The molecule has 6 heteroatoms. The van der Waals surface area contributed by atoms with Crippen LogP contribution in [-0.2, 0) is 10.0 Å². The van der Waals surface area contributed by atoms with Crippen molar-refractivity contribution in [2.75, 3.05) is 0 Å². The minimum absolute atomic E-state index is 0.0256. The number of benzene rings is 1. The molecule has 0 unspecified atom stereocenters. The first kappa shape index (κ1) is 17.9. The first-order chi connectivity index (χ1) is 10.7. The summed E-state index contributed by atoms with van der Waals surface area (Å²) in [5, 5.41) is 2.86. The van der Waals surface area contributed by atoms with Crippen LogP contribution in [0.4, 0.5) is 0 Å². The van der Waals surface area contributed by atoms with Crippen molar-refractivity contribution in [3.05, 3.63) is 29.8 Å². The summed E-state index contributed by atoms with van der Waals surface area (Å²) in [5.74, 6) is -0.207. The van der Waals surface area contributed by atoms with Gasteiger partial charge in [0.2, 0.25) is 10.0 Å². The largest absolute Gasteiger partial charge is 0.347 e. The quantitative estimate of drug-likeness (QED) is 0.886. The van der Waals surface area contributed by atoms with E-state index in [0.717, 1.165) is 25.7 Å². The first-order valence-electron chi connectivity index (χ1n) is 8.12. The van der Waals surface area contributed by atoms with Crippen molar-refractivity contribution >= 4 is 15.9 Å². The lowest BCUT2D eigenvalue weighted by Crippen LogP contribution is -2.40. The number of carbonyl (C=O) groups is 1. The zero-order chi connectivity index (χ0) is 17.1. The van der Waals surface area contributed by atoms with Gasteiger partial charge in [0.1, 0.15) is 0 Å². The Labute approximate surface area is 138 Å². The average Bonchev–Trinajstić information content (AvgIpc) is 2.46. The standard InChI is InChI=1S/C17H26N2O3S/c1-17(2,3)18-16(20)13-9-11-15(12-10-13)23(21,22)19-14-7-5-4-6-8-14/h9-12,14,19H,4-8H2,1-3H3,(H,18,20). The first-order valence-corrected chi connectivity index (χ1v) is 9.61. The monoisotopic (exact) mass is 338 g/mol. The molecule has 0 aromatic heterocycles. The van der Waals surface area contributed by atoms with Crippen LogP contribution in [0.25, 0.3) is 0 Å². The van der Waals surface area contributed by atoms with E-state index in [1.807, 2.05) is 20.8 Å². The fraction of sp³-hybridized carbons (Fsp3) is 0.588. The summed E-state index contributed by atoms with van der Waals surface area (Å²) in [5.41, 5.74) is 0.126. The van der Waals surface area contributed by atoms with Crippen molar-refractivity contribution in [2.24, 2.45) is 0 Å². The Morgan fingerprint density at radius 2 is 1.61 bits per heavy atom. The molecule has 128 valence electrons. The van der Waals surface area contributed by atoms with Crippen LogP contribution in [0.3, 0.4) is 0 Å². The second-order valence-corrected chi connectivity index (χ2v) is 8.90. The molecular formula is C17H26N2O3S. The van der Waals surface area contributed by atoms with Crippen molar-refractivity contribution in [2.45, 2.75) is 69.4 Å². The number of hydrogen-bond donors (Lipinski definition) is 2. The highest BCUT2D eigenvalue weighted by Crippen LogP contribution is 2.20. The van der Waals surface area contributed by atoms with Crippen LogP contribution in [-0.4, -0.2) is 25.9 Å². The third-order valence-electron chi connectivity index (χ3n) is 3.84. The molecule has 1 amide bonds. The Kier molecular flexibility index (Phi) is 5.47. The Hall–Kier alpha value is -1.40. The Morgan fingerprint density at radius 3 is 2.13 bits per heavy atom. The highest BCUT2D eigenvalue weighted by Gasteiger charge is 2.22. The van der Waals surface area contributed by atoms with Crippen molar-refractivity contribution in [1.82, 2.24) is 10.0 Å². The maximum atomic E-state index is 12.4. The van der Waals surface area contributed by atoms with Gasteiger partial charge < -0.3 is 5.32 Å². The average molecular weight is 338 g/mol. The molecule has 2 rings (SSSR count). The Balaban J connectivity index is 2.07. The summed E-state index contributed by atoms with van der Waals surface area (Å²) in [6.45, 7) is 5.70. The number of nitrogens with one attached hydrogen (secondary N) is 2. The molecule has 0 heterocycles. The molecule has 0 spiro atoms. The third kappa shape index (κ3) is 5.32. The number of sulfonamides is 1. The van der Waals surface area contributed by atoms with E-state index in [9.17, 15) is 13.2 Å². The molecule has 0 saturated heterocycles. The third-order valence-corrected chi connectivity index (χ3v) is 5.38. The van der Waals surface area contributed by atoms with Crippen LogP contribution in [0, 0.1) is 0 Å². The van der Waals surface area contributed by atoms with Gasteiger partial charge in [-0.2, -0.15) is 0 Å². The van der Waals surface area contributed by atoms with Crippen LogP contribution < -0.4 is 10.0 Å². The van der Waals surface area contributed by atoms with Crippen LogP contribution in [0.15, 0.2) is 29.2 Å². The van der Waals surface area contributed by atoms with E-state index in [1.54, 1.807) is 12.1 Å². The van der Waals surface area contributed by atoms with Crippen molar-refractivity contribution < 1.29 is 13.2 Å². The fourth-order valence-electron chi connectivity index (χ4n) is 2.71. The minimum Gasteiger partial charge on any atom is -0.347 e. The highest BCUT2D eigenvalue weighted by atomic mass is 32.2. The highest BCUT2D eigenvalue weighted by molar-refractivity contribution is 7.89. The van der Waals surface area contributed by atoms with Crippen LogP contribution in [0.2, 0.25) is 0 Å². The summed E-state index contributed by atoms with van der Waals surface area (Å²) >= 11 is 0. The maximum absolute atomic E-state index is 12.4. The molecule has 1 aliphatic rings. The number of carbonyl (C=O) groups excluding carboxylic acids is 1. The lowest BCUT2D eigenvalue weighted by molar-refractivity contribution is 0.0919. The zero-order valence-electron chi connectivity index (χ0n) is 14.1.